The summed E-state index contributed by atoms with van der Waals surface area (Å²) in [7, 11) is 0. The Labute approximate surface area is 122 Å². The summed E-state index contributed by atoms with van der Waals surface area (Å²) in [6.45, 7) is 2.67. The van der Waals surface area contributed by atoms with Gasteiger partial charge in [0.25, 0.3) is 5.91 Å². The first-order valence-corrected chi connectivity index (χ1v) is 7.11. The maximum absolute atomic E-state index is 12.5. The van der Waals surface area contributed by atoms with E-state index in [1.54, 1.807) is 23.1 Å². The van der Waals surface area contributed by atoms with E-state index in [1.165, 1.54) is 6.26 Å². The highest BCUT2D eigenvalue weighted by Crippen LogP contribution is 2.25. The van der Waals surface area contributed by atoms with E-state index in [-0.39, 0.29) is 30.2 Å². The monoisotopic (exact) mass is 290 g/mol. The van der Waals surface area contributed by atoms with Crippen molar-refractivity contribution in [1.29, 1.82) is 0 Å². The van der Waals surface area contributed by atoms with Gasteiger partial charge in [-0.3, -0.25) is 4.79 Å². The summed E-state index contributed by atoms with van der Waals surface area (Å²) in [6.07, 6.45) is 3.37. The fourth-order valence-electron chi connectivity index (χ4n) is 2.67. The summed E-state index contributed by atoms with van der Waals surface area (Å²) in [4.78, 5) is 14.3. The van der Waals surface area contributed by atoms with Crippen LogP contribution in [0.25, 0.3) is 11.5 Å². The van der Waals surface area contributed by atoms with Crippen molar-refractivity contribution in [3.8, 4) is 11.5 Å². The van der Waals surface area contributed by atoms with E-state index in [0.717, 1.165) is 12.8 Å². The zero-order valence-corrected chi connectivity index (χ0v) is 11.9. The molecule has 2 atom stereocenters. The summed E-state index contributed by atoms with van der Waals surface area (Å²) in [5, 5.41) is 13.1. The molecule has 3 heterocycles. The topological polar surface area (TPSA) is 79.7 Å². The zero-order chi connectivity index (χ0) is 14.8. The predicted molar refractivity (Wildman–Crippen MR) is 74.5 cm³/mol. The summed E-state index contributed by atoms with van der Waals surface area (Å²) in [5.41, 5.74) is 0.270. The minimum Gasteiger partial charge on any atom is -0.461 e. The standard InChI is InChI=1S/C15H18N2O4/c1-10-4-5-11(9-18)8-17(10)15(19)12-7-14(21-16-12)13-3-2-6-20-13/h2-3,6-7,10-11,18H,4-5,8-9H2,1H3. The highest BCUT2D eigenvalue weighted by atomic mass is 16.5. The van der Waals surface area contributed by atoms with Gasteiger partial charge in [0.05, 0.1) is 6.26 Å². The van der Waals surface area contributed by atoms with Crippen molar-refractivity contribution < 1.29 is 18.8 Å². The molecule has 2 aromatic rings. The normalized spacial score (nSPS) is 22.5. The third-order valence-corrected chi connectivity index (χ3v) is 3.99. The number of furan rings is 1. The van der Waals surface area contributed by atoms with Gasteiger partial charge in [0.2, 0.25) is 5.76 Å². The van der Waals surface area contributed by atoms with Gasteiger partial charge in [0, 0.05) is 25.3 Å². The number of hydrogen-bond donors (Lipinski definition) is 1. The van der Waals surface area contributed by atoms with Crippen LogP contribution in [0.2, 0.25) is 0 Å². The molecule has 0 bridgehead atoms. The van der Waals surface area contributed by atoms with Crippen molar-refractivity contribution in [3.63, 3.8) is 0 Å². The van der Waals surface area contributed by atoms with Crippen LogP contribution in [0.3, 0.4) is 0 Å². The number of nitrogens with zero attached hydrogens (tertiary/aromatic N) is 2. The molecule has 0 saturated carbocycles. The molecule has 1 saturated heterocycles. The number of hydrogen-bond acceptors (Lipinski definition) is 5. The quantitative estimate of drug-likeness (QED) is 0.937. The molecule has 0 spiro atoms. The van der Waals surface area contributed by atoms with Crippen LogP contribution in [0, 0.1) is 5.92 Å². The smallest absolute Gasteiger partial charge is 0.276 e. The fraction of sp³-hybridized carbons (Fsp3) is 0.467. The molecule has 6 nitrogen and oxygen atoms in total. The average molecular weight is 290 g/mol. The Morgan fingerprint density at radius 1 is 1.48 bits per heavy atom. The van der Waals surface area contributed by atoms with E-state index in [0.29, 0.717) is 18.1 Å². The number of likely N-dealkylation sites (tertiary alicyclic amines) is 1. The number of carbonyl (C=O) groups is 1. The number of aromatic nitrogens is 1. The van der Waals surface area contributed by atoms with E-state index in [9.17, 15) is 9.90 Å². The average Bonchev–Trinajstić information content (AvgIpc) is 3.18. The summed E-state index contributed by atoms with van der Waals surface area (Å²) in [6, 6.07) is 5.23. The third kappa shape index (κ3) is 2.71. The second-order valence-corrected chi connectivity index (χ2v) is 5.49. The molecule has 2 unspecified atom stereocenters. The van der Waals surface area contributed by atoms with E-state index in [4.69, 9.17) is 8.94 Å². The van der Waals surface area contributed by atoms with E-state index in [1.807, 2.05) is 6.92 Å². The summed E-state index contributed by atoms with van der Waals surface area (Å²) in [5.74, 6) is 0.956. The molecule has 2 aromatic heterocycles. The molecule has 6 heteroatoms. The SMILES string of the molecule is CC1CCC(CO)CN1C(=O)c1cc(-c2ccco2)on1. The van der Waals surface area contributed by atoms with Gasteiger partial charge in [-0.05, 0) is 37.8 Å². The van der Waals surface area contributed by atoms with Gasteiger partial charge < -0.3 is 18.9 Å². The largest absolute Gasteiger partial charge is 0.461 e. The van der Waals surface area contributed by atoms with Crippen LogP contribution in [-0.4, -0.2) is 40.3 Å². The lowest BCUT2D eigenvalue weighted by atomic mass is 9.94. The molecule has 0 aliphatic carbocycles. The van der Waals surface area contributed by atoms with E-state index < -0.39 is 0 Å². The lowest BCUT2D eigenvalue weighted by Crippen LogP contribution is -2.46. The number of rotatable bonds is 3. The maximum Gasteiger partial charge on any atom is 0.276 e. The second-order valence-electron chi connectivity index (χ2n) is 5.49. The minimum absolute atomic E-state index is 0.104. The molecule has 3 rings (SSSR count). The highest BCUT2D eigenvalue weighted by Gasteiger charge is 2.31. The molecule has 1 aliphatic rings. The van der Waals surface area contributed by atoms with Crippen molar-refractivity contribution in [2.75, 3.05) is 13.2 Å². The van der Waals surface area contributed by atoms with Crippen LogP contribution < -0.4 is 0 Å². The first kappa shape index (κ1) is 13.9. The zero-order valence-electron chi connectivity index (χ0n) is 11.9. The Bertz CT molecular complexity index is 605. The Balaban J connectivity index is 1.78. The molecule has 1 aliphatic heterocycles. The van der Waals surface area contributed by atoms with Gasteiger partial charge in [-0.15, -0.1) is 0 Å². The molecule has 0 aromatic carbocycles. The molecule has 1 N–H and O–H groups in total. The Hall–Kier alpha value is -2.08. The lowest BCUT2D eigenvalue weighted by Gasteiger charge is -2.36. The predicted octanol–water partition coefficient (Wildman–Crippen LogP) is 2.17. The lowest BCUT2D eigenvalue weighted by molar-refractivity contribution is 0.0479. The maximum atomic E-state index is 12.5. The van der Waals surface area contributed by atoms with E-state index >= 15 is 0 Å². The molecular weight excluding hydrogens is 272 g/mol. The van der Waals surface area contributed by atoms with Crippen molar-refractivity contribution in [3.05, 3.63) is 30.2 Å². The molecule has 21 heavy (non-hydrogen) atoms. The van der Waals surface area contributed by atoms with Crippen LogP contribution in [0.5, 0.6) is 0 Å². The number of aliphatic hydroxyl groups is 1. The second kappa shape index (κ2) is 5.73. The summed E-state index contributed by atoms with van der Waals surface area (Å²) < 4.78 is 10.4. The first-order chi connectivity index (χ1) is 10.2. The number of aliphatic hydroxyl groups excluding tert-OH is 1. The van der Waals surface area contributed by atoms with Gasteiger partial charge >= 0.3 is 0 Å². The van der Waals surface area contributed by atoms with Crippen LogP contribution in [0.15, 0.2) is 33.4 Å². The van der Waals surface area contributed by atoms with Gasteiger partial charge in [-0.2, -0.15) is 0 Å². The van der Waals surface area contributed by atoms with Crippen LogP contribution >= 0.6 is 0 Å². The molecule has 112 valence electrons. The molecule has 0 radical (unpaired) electrons. The van der Waals surface area contributed by atoms with Gasteiger partial charge in [0.1, 0.15) is 0 Å². The van der Waals surface area contributed by atoms with Gasteiger partial charge in [-0.1, -0.05) is 5.16 Å². The van der Waals surface area contributed by atoms with Crippen molar-refractivity contribution in [1.82, 2.24) is 10.1 Å². The molecular formula is C15H18N2O4. The van der Waals surface area contributed by atoms with Crippen LogP contribution in [-0.2, 0) is 0 Å². The molecule has 1 fully saturated rings. The molecule has 1 amide bonds. The van der Waals surface area contributed by atoms with E-state index in [2.05, 4.69) is 5.16 Å². The fourth-order valence-corrected chi connectivity index (χ4v) is 2.67. The van der Waals surface area contributed by atoms with Crippen LogP contribution in [0.4, 0.5) is 0 Å². The number of carbonyl (C=O) groups excluding carboxylic acids is 1. The third-order valence-electron chi connectivity index (χ3n) is 3.99. The van der Waals surface area contributed by atoms with Crippen molar-refractivity contribution in [2.45, 2.75) is 25.8 Å². The summed E-state index contributed by atoms with van der Waals surface area (Å²) >= 11 is 0. The Morgan fingerprint density at radius 3 is 3.05 bits per heavy atom. The van der Waals surface area contributed by atoms with Crippen LogP contribution in [0.1, 0.15) is 30.3 Å². The van der Waals surface area contributed by atoms with Crippen molar-refractivity contribution >= 4 is 5.91 Å². The highest BCUT2D eigenvalue weighted by molar-refractivity contribution is 5.93. The van der Waals surface area contributed by atoms with Gasteiger partial charge in [0.15, 0.2) is 11.5 Å². The minimum atomic E-state index is -0.165. The number of amides is 1. The van der Waals surface area contributed by atoms with Gasteiger partial charge in [-0.25, -0.2) is 0 Å². The Kier molecular flexibility index (Phi) is 3.79. The first-order valence-electron chi connectivity index (χ1n) is 7.11. The Morgan fingerprint density at radius 2 is 2.33 bits per heavy atom. The van der Waals surface area contributed by atoms with Crippen molar-refractivity contribution in [2.24, 2.45) is 5.92 Å². The number of piperidine rings is 1.